The van der Waals surface area contributed by atoms with E-state index >= 15 is 0 Å². The minimum Gasteiger partial charge on any atom is -0.334 e. The molecule has 0 unspecified atom stereocenters. The lowest BCUT2D eigenvalue weighted by molar-refractivity contribution is 0.432. The average molecular weight is 307 g/mol. The molecule has 0 N–H and O–H groups in total. The van der Waals surface area contributed by atoms with Crippen LogP contribution in [0.4, 0.5) is 4.39 Å². The first-order valence-corrected chi connectivity index (χ1v) is 6.84. The number of pyridine rings is 1. The molecule has 0 aliphatic rings. The Hall–Kier alpha value is -3.35. The molecule has 4 rings (SSSR count). The van der Waals surface area contributed by atoms with Crippen molar-refractivity contribution in [2.75, 3.05) is 0 Å². The molecule has 0 aliphatic heterocycles. The molecule has 0 amide bonds. The van der Waals surface area contributed by atoms with Crippen molar-refractivity contribution in [2.24, 2.45) is 0 Å². The topological polar surface area (TPSA) is 69.6 Å². The van der Waals surface area contributed by atoms with E-state index in [4.69, 9.17) is 4.52 Å². The first-order chi connectivity index (χ1) is 11.3. The summed E-state index contributed by atoms with van der Waals surface area (Å²) in [6, 6.07) is 9.90. The molecule has 0 aliphatic carbocycles. The van der Waals surface area contributed by atoms with Gasteiger partial charge in [0.2, 0.25) is 5.82 Å². The number of hydrogen-bond acceptors (Lipinski definition) is 5. The van der Waals surface area contributed by atoms with Gasteiger partial charge >= 0.3 is 0 Å². The van der Waals surface area contributed by atoms with Crippen LogP contribution in [0.1, 0.15) is 0 Å². The van der Waals surface area contributed by atoms with Gasteiger partial charge in [-0.2, -0.15) is 4.98 Å². The van der Waals surface area contributed by atoms with Gasteiger partial charge in [-0.15, -0.1) is 0 Å². The van der Waals surface area contributed by atoms with Crippen LogP contribution < -0.4 is 0 Å². The van der Waals surface area contributed by atoms with Gasteiger partial charge in [-0.1, -0.05) is 11.2 Å². The molecule has 23 heavy (non-hydrogen) atoms. The van der Waals surface area contributed by atoms with Crippen LogP contribution in [-0.4, -0.2) is 24.7 Å². The monoisotopic (exact) mass is 307 g/mol. The van der Waals surface area contributed by atoms with Crippen molar-refractivity contribution in [3.05, 3.63) is 67.1 Å². The summed E-state index contributed by atoms with van der Waals surface area (Å²) in [6.45, 7) is 0. The SMILES string of the molecule is Fc1cc(-c2nc(-c3ccccn3)no2)cc(-n2ccnc2)c1. The lowest BCUT2D eigenvalue weighted by Gasteiger charge is -2.04. The maximum Gasteiger partial charge on any atom is 0.258 e. The van der Waals surface area contributed by atoms with Crippen molar-refractivity contribution >= 4 is 0 Å². The maximum absolute atomic E-state index is 13.9. The summed E-state index contributed by atoms with van der Waals surface area (Å²) in [5.41, 5.74) is 1.70. The van der Waals surface area contributed by atoms with Crippen LogP contribution in [0.5, 0.6) is 0 Å². The van der Waals surface area contributed by atoms with Crippen LogP contribution in [0.3, 0.4) is 0 Å². The van der Waals surface area contributed by atoms with E-state index < -0.39 is 5.82 Å². The zero-order chi connectivity index (χ0) is 15.6. The van der Waals surface area contributed by atoms with Crippen molar-refractivity contribution in [2.45, 2.75) is 0 Å². The van der Waals surface area contributed by atoms with Crippen LogP contribution >= 0.6 is 0 Å². The summed E-state index contributed by atoms with van der Waals surface area (Å²) < 4.78 is 20.8. The molecule has 0 fully saturated rings. The highest BCUT2D eigenvalue weighted by Gasteiger charge is 2.13. The summed E-state index contributed by atoms with van der Waals surface area (Å²) >= 11 is 0. The predicted octanol–water partition coefficient (Wildman–Crippen LogP) is 3.12. The van der Waals surface area contributed by atoms with Crippen molar-refractivity contribution in [1.29, 1.82) is 0 Å². The quantitative estimate of drug-likeness (QED) is 0.581. The van der Waals surface area contributed by atoms with Crippen LogP contribution in [0.25, 0.3) is 28.7 Å². The Morgan fingerprint density at radius 3 is 2.83 bits per heavy atom. The summed E-state index contributed by atoms with van der Waals surface area (Å²) in [6.07, 6.45) is 6.58. The van der Waals surface area contributed by atoms with E-state index in [0.717, 1.165) is 0 Å². The zero-order valence-corrected chi connectivity index (χ0v) is 11.8. The van der Waals surface area contributed by atoms with E-state index in [2.05, 4.69) is 20.1 Å². The Labute approximate surface area is 130 Å². The van der Waals surface area contributed by atoms with Gasteiger partial charge in [-0.25, -0.2) is 9.37 Å². The standard InChI is InChI=1S/C16H10FN5O/c17-12-7-11(8-13(9-12)22-6-5-18-10-22)16-20-15(21-23-16)14-3-1-2-4-19-14/h1-10H. The molecule has 6 nitrogen and oxygen atoms in total. The van der Waals surface area contributed by atoms with Crippen LogP contribution in [0.2, 0.25) is 0 Å². The summed E-state index contributed by atoms with van der Waals surface area (Å²) in [5.74, 6) is 0.185. The van der Waals surface area contributed by atoms with E-state index in [-0.39, 0.29) is 5.89 Å². The summed E-state index contributed by atoms with van der Waals surface area (Å²) in [4.78, 5) is 12.4. The van der Waals surface area contributed by atoms with E-state index in [0.29, 0.717) is 22.8 Å². The van der Waals surface area contributed by atoms with Gasteiger partial charge in [0.1, 0.15) is 11.5 Å². The number of imidazole rings is 1. The molecule has 0 bridgehead atoms. The predicted molar refractivity (Wildman–Crippen MR) is 80.0 cm³/mol. The molecule has 0 atom stereocenters. The molecule has 3 heterocycles. The van der Waals surface area contributed by atoms with E-state index in [1.54, 1.807) is 47.7 Å². The molecule has 1 aromatic carbocycles. The smallest absolute Gasteiger partial charge is 0.258 e. The Balaban J connectivity index is 1.75. The second kappa shape index (κ2) is 5.45. The number of aromatic nitrogens is 5. The van der Waals surface area contributed by atoms with Gasteiger partial charge in [0.05, 0.1) is 12.0 Å². The third kappa shape index (κ3) is 2.59. The first kappa shape index (κ1) is 13.3. The molecular formula is C16H10FN5O. The number of hydrogen-bond donors (Lipinski definition) is 0. The van der Waals surface area contributed by atoms with E-state index in [1.807, 2.05) is 6.07 Å². The van der Waals surface area contributed by atoms with Crippen molar-refractivity contribution in [1.82, 2.24) is 24.7 Å². The lowest BCUT2D eigenvalue weighted by Crippen LogP contribution is -1.93. The third-order valence-electron chi connectivity index (χ3n) is 3.25. The first-order valence-electron chi connectivity index (χ1n) is 6.84. The molecule has 0 saturated heterocycles. The lowest BCUT2D eigenvalue weighted by atomic mass is 10.2. The fraction of sp³-hybridized carbons (Fsp3) is 0. The second-order valence-corrected chi connectivity index (χ2v) is 4.81. The molecule has 0 radical (unpaired) electrons. The highest BCUT2D eigenvalue weighted by atomic mass is 19.1. The number of nitrogens with zero attached hydrogens (tertiary/aromatic N) is 5. The van der Waals surface area contributed by atoms with E-state index in [9.17, 15) is 4.39 Å². The number of benzene rings is 1. The number of halogens is 1. The van der Waals surface area contributed by atoms with Crippen LogP contribution in [0, 0.1) is 5.82 Å². The maximum atomic E-state index is 13.9. The van der Waals surface area contributed by atoms with Crippen LogP contribution in [-0.2, 0) is 0 Å². The molecule has 0 spiro atoms. The zero-order valence-electron chi connectivity index (χ0n) is 11.8. The van der Waals surface area contributed by atoms with Gasteiger partial charge in [0.15, 0.2) is 0 Å². The third-order valence-corrected chi connectivity index (χ3v) is 3.25. The molecule has 3 aromatic heterocycles. The second-order valence-electron chi connectivity index (χ2n) is 4.81. The Kier molecular flexibility index (Phi) is 3.16. The molecule has 112 valence electrons. The highest BCUT2D eigenvalue weighted by Crippen LogP contribution is 2.24. The largest absolute Gasteiger partial charge is 0.334 e. The van der Waals surface area contributed by atoms with Gasteiger partial charge in [-0.3, -0.25) is 4.98 Å². The normalized spacial score (nSPS) is 10.8. The fourth-order valence-corrected chi connectivity index (χ4v) is 2.20. The van der Waals surface area contributed by atoms with Gasteiger partial charge in [0, 0.05) is 24.2 Å². The van der Waals surface area contributed by atoms with Gasteiger partial charge < -0.3 is 9.09 Å². The Morgan fingerprint density at radius 2 is 2.04 bits per heavy atom. The minimum absolute atomic E-state index is 0.228. The Morgan fingerprint density at radius 1 is 1.09 bits per heavy atom. The van der Waals surface area contributed by atoms with Gasteiger partial charge in [0.25, 0.3) is 5.89 Å². The van der Waals surface area contributed by atoms with E-state index in [1.165, 1.54) is 12.1 Å². The molecule has 4 aromatic rings. The fourth-order valence-electron chi connectivity index (χ4n) is 2.20. The highest BCUT2D eigenvalue weighted by molar-refractivity contribution is 5.60. The van der Waals surface area contributed by atoms with Crippen molar-refractivity contribution in [3.63, 3.8) is 0 Å². The average Bonchev–Trinajstić information content (AvgIpc) is 3.27. The molecule has 0 saturated carbocycles. The molecular weight excluding hydrogens is 297 g/mol. The number of rotatable bonds is 3. The molecule has 7 heteroatoms. The minimum atomic E-state index is -0.399. The summed E-state index contributed by atoms with van der Waals surface area (Å²) in [5, 5.41) is 3.89. The van der Waals surface area contributed by atoms with Crippen molar-refractivity contribution in [3.8, 4) is 28.7 Å². The Bertz CT molecular complexity index is 934. The van der Waals surface area contributed by atoms with Crippen LogP contribution in [0.15, 0.2) is 65.8 Å². The van der Waals surface area contributed by atoms with Gasteiger partial charge in [-0.05, 0) is 30.3 Å². The van der Waals surface area contributed by atoms with Crippen molar-refractivity contribution < 1.29 is 8.91 Å². The summed E-state index contributed by atoms with van der Waals surface area (Å²) in [7, 11) is 0.